The van der Waals surface area contributed by atoms with Crippen molar-refractivity contribution in [2.24, 2.45) is 0 Å². The van der Waals surface area contributed by atoms with E-state index in [-0.39, 0.29) is 17.4 Å². The van der Waals surface area contributed by atoms with Crippen molar-refractivity contribution in [1.29, 1.82) is 0 Å². The Morgan fingerprint density at radius 2 is 2.08 bits per heavy atom. The lowest BCUT2D eigenvalue weighted by Crippen LogP contribution is -2.09. The Bertz CT molecular complexity index is 764. The molecule has 0 unspecified atom stereocenters. The molecule has 1 aromatic carbocycles. The first kappa shape index (κ1) is 18.4. The summed E-state index contributed by atoms with van der Waals surface area (Å²) in [4.78, 5) is 16.0. The van der Waals surface area contributed by atoms with Gasteiger partial charge in [-0.15, -0.1) is 0 Å². The second kappa shape index (κ2) is 8.77. The van der Waals surface area contributed by atoms with Gasteiger partial charge >= 0.3 is 6.61 Å². The van der Waals surface area contributed by atoms with Crippen LogP contribution in [-0.4, -0.2) is 24.1 Å². The first-order chi connectivity index (χ1) is 12.0. The number of anilines is 1. The average molecular weight is 348 g/mol. The van der Waals surface area contributed by atoms with Crippen molar-refractivity contribution in [2.45, 2.75) is 20.5 Å². The molecule has 0 bridgehead atoms. The van der Waals surface area contributed by atoms with Crippen molar-refractivity contribution in [3.05, 3.63) is 53.7 Å². The molecule has 2 rings (SSSR count). The molecule has 0 atom stereocenters. The molecule has 0 fully saturated rings. The molecule has 1 amide bonds. The highest BCUT2D eigenvalue weighted by Crippen LogP contribution is 2.30. The number of aromatic nitrogens is 1. The minimum absolute atomic E-state index is 0.0533. The van der Waals surface area contributed by atoms with E-state index in [0.717, 1.165) is 5.56 Å². The third-order valence-corrected chi connectivity index (χ3v) is 3.08. The number of ether oxygens (including phenoxy) is 2. The minimum atomic E-state index is -2.94. The Balaban J connectivity index is 2.08. The number of aryl methyl sites for hydroxylation is 1. The maximum Gasteiger partial charge on any atom is 0.387 e. The van der Waals surface area contributed by atoms with Crippen molar-refractivity contribution in [3.8, 4) is 11.5 Å². The van der Waals surface area contributed by atoms with E-state index in [0.29, 0.717) is 18.0 Å². The van der Waals surface area contributed by atoms with E-state index in [4.69, 9.17) is 4.74 Å². The van der Waals surface area contributed by atoms with Crippen LogP contribution >= 0.6 is 0 Å². The maximum atomic E-state index is 12.4. The molecule has 0 radical (unpaired) electrons. The molecule has 2 aromatic rings. The number of pyridine rings is 1. The molecule has 1 N–H and O–H groups in total. The summed E-state index contributed by atoms with van der Waals surface area (Å²) >= 11 is 0. The molecule has 132 valence electrons. The van der Waals surface area contributed by atoms with Crippen LogP contribution in [0.2, 0.25) is 0 Å². The van der Waals surface area contributed by atoms with E-state index in [1.807, 2.05) is 13.0 Å². The quantitative estimate of drug-likeness (QED) is 0.767. The monoisotopic (exact) mass is 348 g/mol. The minimum Gasteiger partial charge on any atom is -0.490 e. The molecule has 1 heterocycles. The number of carbonyl (C=O) groups excluding carboxylic acids is 1. The van der Waals surface area contributed by atoms with Gasteiger partial charge in [-0.05, 0) is 55.3 Å². The lowest BCUT2D eigenvalue weighted by atomic mass is 10.2. The van der Waals surface area contributed by atoms with Crippen molar-refractivity contribution >= 4 is 17.8 Å². The number of hydrogen-bond donors (Lipinski definition) is 1. The molecule has 1 aromatic heterocycles. The summed E-state index contributed by atoms with van der Waals surface area (Å²) in [5, 5.41) is 2.64. The first-order valence-electron chi connectivity index (χ1n) is 7.61. The van der Waals surface area contributed by atoms with E-state index < -0.39 is 6.61 Å². The number of carbonyl (C=O) groups is 1. The summed E-state index contributed by atoms with van der Waals surface area (Å²) in [5.41, 5.74) is 1.59. The number of hydrogen-bond acceptors (Lipinski definition) is 4. The molecule has 5 nitrogen and oxygen atoms in total. The second-order valence-electron chi connectivity index (χ2n) is 5.06. The highest BCUT2D eigenvalue weighted by Gasteiger charge is 2.11. The second-order valence-corrected chi connectivity index (χ2v) is 5.06. The van der Waals surface area contributed by atoms with Crippen molar-refractivity contribution in [1.82, 2.24) is 4.98 Å². The number of halogens is 2. The van der Waals surface area contributed by atoms with Gasteiger partial charge in [0, 0.05) is 12.3 Å². The van der Waals surface area contributed by atoms with E-state index in [2.05, 4.69) is 15.0 Å². The van der Waals surface area contributed by atoms with Crippen LogP contribution in [0, 0.1) is 6.92 Å². The number of nitrogens with zero attached hydrogens (tertiary/aromatic N) is 1. The largest absolute Gasteiger partial charge is 0.490 e. The Labute approximate surface area is 144 Å². The van der Waals surface area contributed by atoms with Gasteiger partial charge in [-0.1, -0.05) is 6.07 Å². The van der Waals surface area contributed by atoms with Crippen molar-refractivity contribution < 1.29 is 23.0 Å². The smallest absolute Gasteiger partial charge is 0.387 e. The lowest BCUT2D eigenvalue weighted by molar-refractivity contribution is -0.111. The van der Waals surface area contributed by atoms with Crippen LogP contribution in [0.25, 0.3) is 6.08 Å². The fourth-order valence-electron chi connectivity index (χ4n) is 2.03. The predicted molar refractivity (Wildman–Crippen MR) is 90.9 cm³/mol. The van der Waals surface area contributed by atoms with E-state index >= 15 is 0 Å². The predicted octanol–water partition coefficient (Wildman–Crippen LogP) is 4.04. The molecule has 7 heteroatoms. The van der Waals surface area contributed by atoms with Crippen LogP contribution in [0.4, 0.5) is 14.6 Å². The van der Waals surface area contributed by atoms with Gasteiger partial charge in [0.15, 0.2) is 11.5 Å². The molecule has 0 aliphatic rings. The fourth-order valence-corrected chi connectivity index (χ4v) is 2.03. The van der Waals surface area contributed by atoms with Crippen LogP contribution in [-0.2, 0) is 4.79 Å². The van der Waals surface area contributed by atoms with Crippen molar-refractivity contribution in [2.75, 3.05) is 11.9 Å². The van der Waals surface area contributed by atoms with E-state index in [1.54, 1.807) is 31.3 Å². The van der Waals surface area contributed by atoms with Crippen LogP contribution < -0.4 is 14.8 Å². The molecular weight excluding hydrogens is 330 g/mol. The van der Waals surface area contributed by atoms with Crippen LogP contribution in [0.1, 0.15) is 18.1 Å². The maximum absolute atomic E-state index is 12.4. The third kappa shape index (κ3) is 5.87. The zero-order valence-corrected chi connectivity index (χ0v) is 13.8. The standard InChI is InChI=1S/C18H18F2N2O3/c1-3-24-15-11-13(4-6-14(15)25-18(19)20)5-7-17(23)22-16-10-12(2)8-9-21-16/h4-11,18H,3H2,1-2H3,(H,21,22,23)/b7-5+. The molecule has 25 heavy (non-hydrogen) atoms. The molecular formula is C18H18F2N2O3. The summed E-state index contributed by atoms with van der Waals surface area (Å²) in [5.74, 6) is 0.224. The number of alkyl halides is 2. The average Bonchev–Trinajstić information content (AvgIpc) is 2.55. The summed E-state index contributed by atoms with van der Waals surface area (Å²) in [6.45, 7) is 0.988. The van der Waals surface area contributed by atoms with Crippen LogP contribution in [0.5, 0.6) is 11.5 Å². The highest BCUT2D eigenvalue weighted by molar-refractivity contribution is 6.01. The molecule has 0 spiro atoms. The Morgan fingerprint density at radius 1 is 1.28 bits per heavy atom. The molecule has 0 aliphatic heterocycles. The van der Waals surface area contributed by atoms with Gasteiger partial charge in [0.1, 0.15) is 5.82 Å². The highest BCUT2D eigenvalue weighted by atomic mass is 19.3. The van der Waals surface area contributed by atoms with Crippen LogP contribution in [0.3, 0.4) is 0 Å². The number of amides is 1. The lowest BCUT2D eigenvalue weighted by Gasteiger charge is -2.11. The summed E-state index contributed by atoms with van der Waals surface area (Å²) in [7, 11) is 0. The summed E-state index contributed by atoms with van der Waals surface area (Å²) < 4.78 is 34.5. The summed E-state index contributed by atoms with van der Waals surface area (Å²) in [6.07, 6.45) is 4.47. The molecule has 0 saturated carbocycles. The Morgan fingerprint density at radius 3 is 2.76 bits per heavy atom. The van der Waals surface area contributed by atoms with Gasteiger partial charge < -0.3 is 14.8 Å². The summed E-state index contributed by atoms with van der Waals surface area (Å²) in [6, 6.07) is 8.01. The van der Waals surface area contributed by atoms with Crippen LogP contribution in [0.15, 0.2) is 42.6 Å². The Hall–Kier alpha value is -2.96. The zero-order chi connectivity index (χ0) is 18.2. The molecule has 0 saturated heterocycles. The van der Waals surface area contributed by atoms with Gasteiger partial charge in [-0.3, -0.25) is 4.79 Å². The third-order valence-electron chi connectivity index (χ3n) is 3.08. The first-order valence-corrected chi connectivity index (χ1v) is 7.61. The SMILES string of the molecule is CCOc1cc(/C=C/C(=O)Nc2cc(C)ccn2)ccc1OC(F)F. The topological polar surface area (TPSA) is 60.5 Å². The number of nitrogens with one attached hydrogen (secondary N) is 1. The van der Waals surface area contributed by atoms with E-state index in [1.165, 1.54) is 18.2 Å². The normalized spacial score (nSPS) is 10.9. The Kier molecular flexibility index (Phi) is 6.45. The molecule has 0 aliphatic carbocycles. The van der Waals surface area contributed by atoms with Gasteiger partial charge in [-0.25, -0.2) is 4.98 Å². The van der Waals surface area contributed by atoms with Gasteiger partial charge in [0.2, 0.25) is 5.91 Å². The van der Waals surface area contributed by atoms with Gasteiger partial charge in [0.05, 0.1) is 6.61 Å². The number of benzene rings is 1. The zero-order valence-electron chi connectivity index (χ0n) is 13.8. The number of rotatable bonds is 7. The van der Waals surface area contributed by atoms with E-state index in [9.17, 15) is 13.6 Å². The fraction of sp³-hybridized carbons (Fsp3) is 0.222. The van der Waals surface area contributed by atoms with Gasteiger partial charge in [-0.2, -0.15) is 8.78 Å². The van der Waals surface area contributed by atoms with Gasteiger partial charge in [0.25, 0.3) is 0 Å². The van der Waals surface area contributed by atoms with Crippen molar-refractivity contribution in [3.63, 3.8) is 0 Å².